The van der Waals surface area contributed by atoms with Crippen molar-refractivity contribution < 1.29 is 23.2 Å². The molecule has 3 aromatic rings. The molecule has 7 nitrogen and oxygen atoms in total. The van der Waals surface area contributed by atoms with Gasteiger partial charge in [-0.2, -0.15) is 18.4 Å². The van der Waals surface area contributed by atoms with Crippen molar-refractivity contribution in [3.63, 3.8) is 0 Å². The second-order valence-corrected chi connectivity index (χ2v) is 6.54. The molecule has 0 aliphatic rings. The van der Waals surface area contributed by atoms with E-state index in [1.54, 1.807) is 22.8 Å². The number of aromatic nitrogens is 2. The highest BCUT2D eigenvalue weighted by Crippen LogP contribution is 2.36. The van der Waals surface area contributed by atoms with E-state index in [9.17, 15) is 18.0 Å². The van der Waals surface area contributed by atoms with Gasteiger partial charge in [0.1, 0.15) is 0 Å². The average Bonchev–Trinajstić information content (AvgIpc) is 3.02. The van der Waals surface area contributed by atoms with Crippen LogP contribution in [-0.2, 0) is 6.18 Å². The summed E-state index contributed by atoms with van der Waals surface area (Å²) in [7, 11) is 0. The predicted molar refractivity (Wildman–Crippen MR) is 98.8 cm³/mol. The maximum atomic E-state index is 13.3. The van der Waals surface area contributed by atoms with E-state index < -0.39 is 23.2 Å². The van der Waals surface area contributed by atoms with Crippen molar-refractivity contribution >= 4 is 28.6 Å². The molecule has 1 heterocycles. The van der Waals surface area contributed by atoms with Crippen molar-refractivity contribution in [2.75, 3.05) is 5.32 Å². The Labute approximate surface area is 163 Å². The Bertz CT molecular complexity index is 1130. The number of hydrogen-bond acceptors (Lipinski definition) is 5. The van der Waals surface area contributed by atoms with Gasteiger partial charge in [-0.3, -0.25) is 10.0 Å². The van der Waals surface area contributed by atoms with E-state index in [0.29, 0.717) is 11.2 Å². The van der Waals surface area contributed by atoms with Gasteiger partial charge in [-0.05, 0) is 44.2 Å². The summed E-state index contributed by atoms with van der Waals surface area (Å²) >= 11 is 0. The molecule has 0 radical (unpaired) electrons. The molecule has 29 heavy (non-hydrogen) atoms. The lowest BCUT2D eigenvalue weighted by molar-refractivity contribution is -0.137. The molecule has 3 N–H and O–H groups in total. The Balaban J connectivity index is 2.15. The van der Waals surface area contributed by atoms with Crippen LogP contribution < -0.4 is 10.8 Å². The summed E-state index contributed by atoms with van der Waals surface area (Å²) in [6.45, 7) is 3.65. The Kier molecular flexibility index (Phi) is 5.18. The van der Waals surface area contributed by atoms with E-state index in [1.807, 2.05) is 13.8 Å². The summed E-state index contributed by atoms with van der Waals surface area (Å²) in [4.78, 5) is 15.9. The third kappa shape index (κ3) is 3.86. The van der Waals surface area contributed by atoms with Crippen molar-refractivity contribution in [2.24, 2.45) is 0 Å². The molecule has 3 rings (SSSR count). The zero-order valence-electron chi connectivity index (χ0n) is 15.4. The summed E-state index contributed by atoms with van der Waals surface area (Å²) in [6, 6.07) is 9.59. The minimum atomic E-state index is -4.68. The lowest BCUT2D eigenvalue weighted by atomic mass is 10.1. The first-order valence-corrected chi connectivity index (χ1v) is 8.50. The average molecular weight is 403 g/mol. The Hall–Kier alpha value is -3.58. The van der Waals surface area contributed by atoms with Crippen LogP contribution in [0.1, 0.15) is 41.4 Å². The summed E-state index contributed by atoms with van der Waals surface area (Å²) in [6.07, 6.45) is -4.68. The first-order valence-electron chi connectivity index (χ1n) is 8.50. The second-order valence-electron chi connectivity index (χ2n) is 6.54. The molecule has 0 atom stereocenters. The Morgan fingerprint density at radius 3 is 2.59 bits per heavy atom. The fourth-order valence-electron chi connectivity index (χ4n) is 3.01. The first kappa shape index (κ1) is 20.2. The van der Waals surface area contributed by atoms with Gasteiger partial charge in [0.15, 0.2) is 0 Å². The summed E-state index contributed by atoms with van der Waals surface area (Å²) in [5.74, 6) is -0.459. The highest BCUT2D eigenvalue weighted by atomic mass is 19.4. The fourth-order valence-corrected chi connectivity index (χ4v) is 3.01. The van der Waals surface area contributed by atoms with Gasteiger partial charge in [0.05, 0.1) is 28.2 Å². The number of imidazole rings is 1. The number of hydrogen-bond donors (Lipinski definition) is 3. The number of amides is 1. The summed E-state index contributed by atoms with van der Waals surface area (Å²) in [5.41, 5.74) is 1.07. The number of rotatable bonds is 4. The zero-order valence-corrected chi connectivity index (χ0v) is 15.4. The largest absolute Gasteiger partial charge is 0.417 e. The smallest absolute Gasteiger partial charge is 0.326 e. The maximum absolute atomic E-state index is 13.3. The normalized spacial score (nSPS) is 11.5. The third-order valence-corrected chi connectivity index (χ3v) is 4.25. The molecule has 0 aliphatic heterocycles. The molecule has 0 fully saturated rings. The van der Waals surface area contributed by atoms with E-state index in [4.69, 9.17) is 10.5 Å². The second kappa shape index (κ2) is 7.44. The van der Waals surface area contributed by atoms with Crippen molar-refractivity contribution in [3.05, 3.63) is 53.1 Å². The van der Waals surface area contributed by atoms with Gasteiger partial charge in [0.25, 0.3) is 5.91 Å². The van der Waals surface area contributed by atoms with Gasteiger partial charge in [-0.15, -0.1) is 0 Å². The molecule has 0 saturated carbocycles. The SMILES string of the molecule is CC(C)n1c(Nc2cccc(C(=O)NO)c2)nc2cc(C(F)(F)F)c(C#N)cc21. The molecule has 0 saturated heterocycles. The van der Waals surface area contributed by atoms with E-state index in [2.05, 4.69) is 10.3 Å². The third-order valence-electron chi connectivity index (χ3n) is 4.25. The first-order chi connectivity index (χ1) is 13.7. The van der Waals surface area contributed by atoms with E-state index in [-0.39, 0.29) is 23.1 Å². The number of hydroxylamine groups is 1. The topological polar surface area (TPSA) is 103 Å². The number of alkyl halides is 3. The van der Waals surface area contributed by atoms with Gasteiger partial charge < -0.3 is 9.88 Å². The molecule has 1 amide bonds. The zero-order chi connectivity index (χ0) is 21.3. The van der Waals surface area contributed by atoms with Crippen LogP contribution in [0.25, 0.3) is 11.0 Å². The number of benzene rings is 2. The molecule has 0 aliphatic carbocycles. The minimum Gasteiger partial charge on any atom is -0.326 e. The molecule has 10 heteroatoms. The molecule has 2 aromatic carbocycles. The van der Waals surface area contributed by atoms with Gasteiger partial charge in [0.2, 0.25) is 5.95 Å². The van der Waals surface area contributed by atoms with Crippen molar-refractivity contribution in [1.82, 2.24) is 15.0 Å². The lowest BCUT2D eigenvalue weighted by Crippen LogP contribution is -2.18. The van der Waals surface area contributed by atoms with Crippen LogP contribution in [0.4, 0.5) is 24.8 Å². The fraction of sp³-hybridized carbons (Fsp3) is 0.211. The molecule has 1 aromatic heterocycles. The molecule has 0 unspecified atom stereocenters. The van der Waals surface area contributed by atoms with Gasteiger partial charge >= 0.3 is 6.18 Å². The van der Waals surface area contributed by atoms with Gasteiger partial charge in [0, 0.05) is 17.3 Å². The number of carbonyl (C=O) groups excluding carboxylic acids is 1. The standard InChI is InChI=1S/C19H16F3N5O2/c1-10(2)27-16-7-12(9-23)14(19(20,21)22)8-15(16)25-18(27)24-13-5-3-4-11(6-13)17(28)26-29/h3-8,10,29H,1-2H3,(H,24,25)(H,26,28). The number of nitriles is 1. The highest BCUT2D eigenvalue weighted by Gasteiger charge is 2.34. The molecule has 0 spiro atoms. The number of fused-ring (bicyclic) bond motifs is 1. The van der Waals surface area contributed by atoms with Crippen molar-refractivity contribution in [1.29, 1.82) is 5.26 Å². The van der Waals surface area contributed by atoms with E-state index in [1.165, 1.54) is 23.7 Å². The van der Waals surface area contributed by atoms with Crippen molar-refractivity contribution in [3.8, 4) is 6.07 Å². The van der Waals surface area contributed by atoms with Crippen LogP contribution in [0.5, 0.6) is 0 Å². The van der Waals surface area contributed by atoms with E-state index in [0.717, 1.165) is 6.07 Å². The Morgan fingerprint density at radius 2 is 2.00 bits per heavy atom. The van der Waals surface area contributed by atoms with Gasteiger partial charge in [-0.1, -0.05) is 6.07 Å². The molecular formula is C19H16F3N5O2. The van der Waals surface area contributed by atoms with Crippen LogP contribution >= 0.6 is 0 Å². The molecular weight excluding hydrogens is 387 g/mol. The van der Waals surface area contributed by atoms with E-state index >= 15 is 0 Å². The summed E-state index contributed by atoms with van der Waals surface area (Å²) in [5, 5.41) is 20.9. The highest BCUT2D eigenvalue weighted by molar-refractivity contribution is 5.94. The summed E-state index contributed by atoms with van der Waals surface area (Å²) < 4.78 is 41.5. The van der Waals surface area contributed by atoms with Crippen molar-refractivity contribution in [2.45, 2.75) is 26.1 Å². The number of nitrogens with zero attached hydrogens (tertiary/aromatic N) is 3. The lowest BCUT2D eigenvalue weighted by Gasteiger charge is -2.15. The molecule has 0 bridgehead atoms. The monoisotopic (exact) mass is 403 g/mol. The predicted octanol–water partition coefficient (Wildman–Crippen LogP) is 4.37. The molecule has 150 valence electrons. The number of carbonyl (C=O) groups is 1. The van der Waals surface area contributed by atoms with Gasteiger partial charge in [-0.25, -0.2) is 10.5 Å². The quantitative estimate of drug-likeness (QED) is 0.443. The van der Waals surface area contributed by atoms with Crippen LogP contribution in [0, 0.1) is 11.3 Å². The Morgan fingerprint density at radius 1 is 1.28 bits per heavy atom. The van der Waals surface area contributed by atoms with Crippen LogP contribution in [-0.4, -0.2) is 20.7 Å². The van der Waals surface area contributed by atoms with Crippen LogP contribution in [0.2, 0.25) is 0 Å². The number of halogens is 3. The number of nitrogens with one attached hydrogen (secondary N) is 2. The van der Waals surface area contributed by atoms with Crippen LogP contribution in [0.15, 0.2) is 36.4 Å². The number of anilines is 2. The van der Waals surface area contributed by atoms with Crippen LogP contribution in [0.3, 0.4) is 0 Å². The maximum Gasteiger partial charge on any atom is 0.417 e. The minimum absolute atomic E-state index is 0.0804.